The number of thioether (sulfide) groups is 1. The van der Waals surface area contributed by atoms with Crippen LogP contribution in [0.3, 0.4) is 0 Å². The Hall–Kier alpha value is -3.34. The Kier molecular flexibility index (Phi) is 21.9. The average molecular weight is 728 g/mol. The number of Topliss-reactive ketones (excluding diaryl/α,β-unsaturated/α-hetero) is 2. The van der Waals surface area contributed by atoms with Crippen LogP contribution in [0.25, 0.3) is 5.57 Å². The van der Waals surface area contributed by atoms with Gasteiger partial charge in [0.2, 0.25) is 0 Å². The molecule has 0 amide bonds. The number of aryl methyl sites for hydroxylation is 1. The highest BCUT2D eigenvalue weighted by atomic mass is 32.2. The summed E-state index contributed by atoms with van der Waals surface area (Å²) >= 11 is 1.41. The van der Waals surface area contributed by atoms with E-state index in [1.165, 1.54) is 18.7 Å². The van der Waals surface area contributed by atoms with Gasteiger partial charge in [0.15, 0.2) is 5.82 Å². The molecule has 1 aromatic heterocycles. The molecule has 1 atom stereocenters. The summed E-state index contributed by atoms with van der Waals surface area (Å²) in [6.45, 7) is 33.1. The van der Waals surface area contributed by atoms with Crippen LogP contribution in [0.4, 0.5) is 27.8 Å². The Labute approximate surface area is 301 Å². The first-order valence-electron chi connectivity index (χ1n) is 16.9. The van der Waals surface area contributed by atoms with Crippen molar-refractivity contribution in [2.45, 2.75) is 132 Å². The molecule has 0 spiro atoms. The van der Waals surface area contributed by atoms with Crippen LogP contribution in [0.5, 0.6) is 0 Å². The van der Waals surface area contributed by atoms with Crippen molar-refractivity contribution in [1.29, 1.82) is 0 Å². The summed E-state index contributed by atoms with van der Waals surface area (Å²) in [5.74, 6) is -3.40. The maximum Gasteiger partial charge on any atom is 0.453 e. The number of hydrogen-bond acceptors (Lipinski definition) is 6. The lowest BCUT2D eigenvalue weighted by Gasteiger charge is -2.32. The van der Waals surface area contributed by atoms with Crippen molar-refractivity contribution in [1.82, 2.24) is 9.97 Å². The Bertz CT molecular complexity index is 1400. The van der Waals surface area contributed by atoms with Gasteiger partial charge in [-0.2, -0.15) is 22.0 Å². The zero-order valence-electron chi connectivity index (χ0n) is 31.8. The summed E-state index contributed by atoms with van der Waals surface area (Å²) in [6, 6.07) is 0. The zero-order valence-corrected chi connectivity index (χ0v) is 32.7. The number of nitrogens with two attached hydrogens (primary N) is 1. The van der Waals surface area contributed by atoms with Crippen molar-refractivity contribution in [3.05, 3.63) is 82.1 Å². The van der Waals surface area contributed by atoms with Gasteiger partial charge < -0.3 is 10.5 Å². The highest BCUT2D eigenvalue weighted by Gasteiger charge is 2.56. The van der Waals surface area contributed by atoms with Gasteiger partial charge in [-0.3, -0.25) is 4.79 Å². The number of hydrogen-bond donors (Lipinski definition) is 1. The number of carbonyl (C=O) groups is 2. The minimum absolute atomic E-state index is 0.0136. The molecular weight excluding hydrogens is 670 g/mol. The lowest BCUT2D eigenvalue weighted by atomic mass is 9.76. The predicted octanol–water partition coefficient (Wildman–Crippen LogP) is 12.3. The number of rotatable bonds is 17. The van der Waals surface area contributed by atoms with Crippen molar-refractivity contribution in [2.24, 2.45) is 5.92 Å². The Morgan fingerprint density at radius 1 is 0.980 bits per heavy atom. The van der Waals surface area contributed by atoms with Crippen LogP contribution < -0.4 is 5.73 Å². The van der Waals surface area contributed by atoms with Gasteiger partial charge in [0, 0.05) is 36.1 Å². The number of allylic oxidation sites excluding steroid dienone is 8. The van der Waals surface area contributed by atoms with E-state index in [9.17, 15) is 31.5 Å². The van der Waals surface area contributed by atoms with Crippen molar-refractivity contribution >= 4 is 34.7 Å². The Morgan fingerprint density at radius 3 is 1.92 bits per heavy atom. The first-order chi connectivity index (χ1) is 23.1. The molecule has 0 aromatic carbocycles. The average Bonchev–Trinajstić information content (AvgIpc) is 3.04. The van der Waals surface area contributed by atoms with E-state index in [4.69, 9.17) is 10.7 Å². The van der Waals surface area contributed by atoms with Crippen molar-refractivity contribution < 1.29 is 31.5 Å². The molecule has 1 rings (SSSR count). The van der Waals surface area contributed by atoms with Gasteiger partial charge in [-0.1, -0.05) is 104 Å². The van der Waals surface area contributed by atoms with Crippen molar-refractivity contribution in [2.75, 3.05) is 5.73 Å². The molecule has 0 aliphatic heterocycles. The minimum atomic E-state index is -5.39. The smallest absolute Gasteiger partial charge is 0.383 e. The quantitative estimate of drug-likeness (QED) is 0.127. The van der Waals surface area contributed by atoms with Gasteiger partial charge in [0.1, 0.15) is 17.4 Å². The first kappa shape index (κ1) is 48.8. The molecule has 0 aliphatic rings. The van der Waals surface area contributed by atoms with Gasteiger partial charge in [-0.05, 0) is 62.3 Å². The first-order valence-corrected chi connectivity index (χ1v) is 17.8. The van der Waals surface area contributed by atoms with Crippen LogP contribution in [0.1, 0.15) is 125 Å². The SMILES string of the molecule is C=C/C=C\C(C(=C)c1nc(C)c([C@](C)(C(=C)S/C=C(\CC)CCC(C)=O)C(=O)CC)c(N)n1)=C(/C)C(C)C.CC.CCCC(F)(F)C(F)(F)F. The third-order valence-electron chi connectivity index (χ3n) is 7.94. The normalized spacial score (nSPS) is 13.7. The van der Waals surface area contributed by atoms with Gasteiger partial charge in [-0.15, -0.1) is 11.8 Å². The summed E-state index contributed by atoms with van der Waals surface area (Å²) < 4.78 is 57.4. The maximum absolute atomic E-state index is 13.4. The van der Waals surface area contributed by atoms with Crippen molar-refractivity contribution in [3.63, 3.8) is 0 Å². The lowest BCUT2D eigenvalue weighted by Crippen LogP contribution is -2.35. The highest BCUT2D eigenvalue weighted by Crippen LogP contribution is 2.44. The molecule has 282 valence electrons. The molecule has 5 nitrogen and oxygen atoms in total. The Balaban J connectivity index is 0. The number of nitrogen functional groups attached to an aromatic ring is 1. The summed E-state index contributed by atoms with van der Waals surface area (Å²) in [4.78, 5) is 35.0. The largest absolute Gasteiger partial charge is 0.453 e. The molecule has 1 heterocycles. The van der Waals surface area contributed by atoms with Gasteiger partial charge in [0.05, 0.1) is 5.41 Å². The molecule has 11 heteroatoms. The molecule has 1 aromatic rings. The maximum atomic E-state index is 13.4. The number of aromatic nitrogens is 2. The lowest BCUT2D eigenvalue weighted by molar-refractivity contribution is -0.284. The molecule has 0 unspecified atom stereocenters. The second-order valence-corrected chi connectivity index (χ2v) is 12.9. The fourth-order valence-electron chi connectivity index (χ4n) is 4.59. The standard InChI is InChI=1S/C32H45N3O2S.C5H7F5.C2H6/c1-12-15-16-27(22(7)20(4)5)23(8)31-34-24(9)29(30(33)35-31)32(11,28(37)14-3)25(10)38-19-26(13-2)18-17-21(6)36;1-2-3-4(6,7)5(8,9)10;1-2/h12,15-16,19-20H,1,8,10,13-14,17-18H2,2-7,9,11H3,(H2,33,34,35);2-3H2,1H3;1-2H3/b16-15-,26-19+,27-22-;;/t32-;;/m1../s1. The van der Waals surface area contributed by atoms with E-state index in [1.54, 1.807) is 13.0 Å². The molecule has 0 bridgehead atoms. The van der Waals surface area contributed by atoms with E-state index in [2.05, 4.69) is 52.4 Å². The summed E-state index contributed by atoms with van der Waals surface area (Å²) in [5.41, 5.74) is 10.6. The van der Waals surface area contributed by atoms with E-state index < -0.39 is 23.9 Å². The van der Waals surface area contributed by atoms with E-state index in [0.717, 1.165) is 23.1 Å². The molecular formula is C39H58F5N3O2S. The molecule has 0 aliphatic carbocycles. The number of carbonyl (C=O) groups excluding carboxylic acids is 2. The number of nitrogens with zero attached hydrogens (tertiary/aromatic N) is 2. The molecule has 0 saturated heterocycles. The van der Waals surface area contributed by atoms with Crippen LogP contribution >= 0.6 is 11.8 Å². The number of halogens is 5. The Morgan fingerprint density at radius 2 is 1.54 bits per heavy atom. The fraction of sp³-hybridized carbons (Fsp3) is 0.538. The van der Waals surface area contributed by atoms with Crippen LogP contribution in [0, 0.1) is 12.8 Å². The van der Waals surface area contributed by atoms with E-state index in [1.807, 2.05) is 52.2 Å². The fourth-order valence-corrected chi connectivity index (χ4v) is 5.63. The van der Waals surface area contributed by atoms with Gasteiger partial charge in [0.25, 0.3) is 0 Å². The van der Waals surface area contributed by atoms with E-state index >= 15 is 0 Å². The third kappa shape index (κ3) is 14.1. The summed E-state index contributed by atoms with van der Waals surface area (Å²) in [5, 5.41) is 2.01. The number of ketones is 2. The summed E-state index contributed by atoms with van der Waals surface area (Å²) in [6.07, 6.45) is 1.17. The molecule has 50 heavy (non-hydrogen) atoms. The number of alkyl halides is 5. The van der Waals surface area contributed by atoms with Gasteiger partial charge in [-0.25, -0.2) is 9.97 Å². The van der Waals surface area contributed by atoms with E-state index in [-0.39, 0.29) is 23.8 Å². The van der Waals surface area contributed by atoms with Gasteiger partial charge >= 0.3 is 12.1 Å². The highest BCUT2D eigenvalue weighted by molar-refractivity contribution is 8.05. The third-order valence-corrected chi connectivity index (χ3v) is 9.08. The zero-order chi connectivity index (χ0) is 39.6. The summed E-state index contributed by atoms with van der Waals surface area (Å²) in [7, 11) is 0. The molecule has 0 saturated carbocycles. The molecule has 0 fully saturated rings. The topological polar surface area (TPSA) is 85.9 Å². The number of anilines is 1. The molecule has 0 radical (unpaired) electrons. The van der Waals surface area contributed by atoms with E-state index in [0.29, 0.717) is 52.7 Å². The van der Waals surface area contributed by atoms with Crippen LogP contribution in [-0.2, 0) is 15.0 Å². The monoisotopic (exact) mass is 727 g/mol. The van der Waals surface area contributed by atoms with Crippen LogP contribution in [-0.4, -0.2) is 33.6 Å². The van der Waals surface area contributed by atoms with Crippen LogP contribution in [0.2, 0.25) is 0 Å². The second kappa shape index (κ2) is 22.5. The predicted molar refractivity (Wildman–Crippen MR) is 202 cm³/mol. The molecule has 2 N–H and O–H groups in total. The second-order valence-electron chi connectivity index (χ2n) is 11.9. The van der Waals surface area contributed by atoms with Crippen molar-refractivity contribution in [3.8, 4) is 0 Å². The minimum Gasteiger partial charge on any atom is -0.383 e. The van der Waals surface area contributed by atoms with Crippen LogP contribution in [0.15, 0.2) is 65.0 Å².